The normalized spacial score (nSPS) is 17.1. The molecule has 2 rings (SSSR count). The van der Waals surface area contributed by atoms with E-state index in [-0.39, 0.29) is 12.5 Å². The Morgan fingerprint density at radius 2 is 2.00 bits per heavy atom. The van der Waals surface area contributed by atoms with E-state index in [0.29, 0.717) is 16.5 Å². The zero-order chi connectivity index (χ0) is 14.9. The predicted octanol–water partition coefficient (Wildman–Crippen LogP) is 2.46. The van der Waals surface area contributed by atoms with Crippen LogP contribution in [0, 0.1) is 0 Å². The van der Waals surface area contributed by atoms with E-state index in [0.717, 1.165) is 0 Å². The van der Waals surface area contributed by atoms with Crippen molar-refractivity contribution in [2.24, 2.45) is 0 Å². The lowest BCUT2D eigenvalue weighted by Crippen LogP contribution is -2.54. The molecule has 1 aliphatic rings. The van der Waals surface area contributed by atoms with E-state index < -0.39 is 11.9 Å². The standard InChI is InChI=1S/C14H18ClNO4/c1-14(2)13(17)16(8-12(18-3)19-4)10-7-9(15)5-6-11(10)20-14/h5-7,12H,8H2,1-4H3. The van der Waals surface area contributed by atoms with Crippen molar-refractivity contribution in [3.05, 3.63) is 23.2 Å². The lowest BCUT2D eigenvalue weighted by atomic mass is 10.0. The van der Waals surface area contributed by atoms with Crippen LogP contribution in [0.3, 0.4) is 0 Å². The van der Waals surface area contributed by atoms with Gasteiger partial charge in [0.1, 0.15) is 5.75 Å². The van der Waals surface area contributed by atoms with Gasteiger partial charge in [-0.15, -0.1) is 0 Å². The summed E-state index contributed by atoms with van der Waals surface area (Å²) in [5.41, 5.74) is -0.312. The van der Waals surface area contributed by atoms with Crippen LogP contribution in [0.5, 0.6) is 5.75 Å². The molecule has 0 saturated carbocycles. The van der Waals surface area contributed by atoms with Gasteiger partial charge in [-0.2, -0.15) is 0 Å². The number of methoxy groups -OCH3 is 2. The first-order valence-corrected chi connectivity index (χ1v) is 6.63. The number of hydrogen-bond acceptors (Lipinski definition) is 4. The molecule has 0 bridgehead atoms. The number of rotatable bonds is 4. The average Bonchev–Trinajstić information content (AvgIpc) is 2.40. The minimum atomic E-state index is -0.938. The molecule has 5 nitrogen and oxygen atoms in total. The first kappa shape index (κ1) is 15.1. The second kappa shape index (κ2) is 5.60. The van der Waals surface area contributed by atoms with Crippen LogP contribution < -0.4 is 9.64 Å². The summed E-state index contributed by atoms with van der Waals surface area (Å²) in [5, 5.41) is 0.538. The number of fused-ring (bicyclic) bond motifs is 1. The van der Waals surface area contributed by atoms with E-state index in [1.165, 1.54) is 14.2 Å². The summed E-state index contributed by atoms with van der Waals surface area (Å²) < 4.78 is 16.1. The Hall–Kier alpha value is -1.30. The van der Waals surface area contributed by atoms with Crippen molar-refractivity contribution in [3.8, 4) is 5.75 Å². The van der Waals surface area contributed by atoms with Crippen molar-refractivity contribution in [3.63, 3.8) is 0 Å². The van der Waals surface area contributed by atoms with E-state index >= 15 is 0 Å². The van der Waals surface area contributed by atoms with Crippen LogP contribution in [0.15, 0.2) is 18.2 Å². The number of hydrogen-bond donors (Lipinski definition) is 0. The molecule has 1 aromatic rings. The molecule has 0 fully saturated rings. The smallest absolute Gasteiger partial charge is 0.270 e. The summed E-state index contributed by atoms with van der Waals surface area (Å²) in [6.45, 7) is 3.73. The fourth-order valence-electron chi connectivity index (χ4n) is 2.12. The number of anilines is 1. The molecule has 1 aromatic carbocycles. The van der Waals surface area contributed by atoms with Crippen LogP contribution in [0.25, 0.3) is 0 Å². The van der Waals surface area contributed by atoms with E-state index in [1.54, 1.807) is 36.9 Å². The van der Waals surface area contributed by atoms with Crippen LogP contribution in [-0.4, -0.2) is 38.6 Å². The first-order chi connectivity index (χ1) is 9.39. The maximum atomic E-state index is 12.5. The quantitative estimate of drug-likeness (QED) is 0.801. The molecule has 0 unspecified atom stereocenters. The maximum absolute atomic E-state index is 12.5. The Labute approximate surface area is 123 Å². The molecule has 0 aliphatic carbocycles. The van der Waals surface area contributed by atoms with Crippen molar-refractivity contribution >= 4 is 23.2 Å². The highest BCUT2D eigenvalue weighted by Gasteiger charge is 2.41. The van der Waals surface area contributed by atoms with E-state index in [1.807, 2.05) is 0 Å². The molecule has 0 spiro atoms. The topological polar surface area (TPSA) is 48.0 Å². The predicted molar refractivity (Wildman–Crippen MR) is 76.3 cm³/mol. The fourth-order valence-corrected chi connectivity index (χ4v) is 2.28. The van der Waals surface area contributed by atoms with Gasteiger partial charge < -0.3 is 19.1 Å². The van der Waals surface area contributed by atoms with Gasteiger partial charge >= 0.3 is 0 Å². The summed E-state index contributed by atoms with van der Waals surface area (Å²) in [4.78, 5) is 14.1. The van der Waals surface area contributed by atoms with E-state index in [4.69, 9.17) is 25.8 Å². The third-order valence-electron chi connectivity index (χ3n) is 3.19. The molecule has 1 amide bonds. The van der Waals surface area contributed by atoms with Gasteiger partial charge in [0.05, 0.1) is 12.2 Å². The zero-order valence-corrected chi connectivity index (χ0v) is 12.7. The Balaban J connectivity index is 2.42. The van der Waals surface area contributed by atoms with Gasteiger partial charge in [0, 0.05) is 19.2 Å². The molecule has 0 N–H and O–H groups in total. The number of nitrogens with zero attached hydrogens (tertiary/aromatic N) is 1. The Morgan fingerprint density at radius 3 is 2.60 bits per heavy atom. The molecule has 0 saturated heterocycles. The van der Waals surface area contributed by atoms with E-state index in [9.17, 15) is 4.79 Å². The Morgan fingerprint density at radius 1 is 1.35 bits per heavy atom. The molecule has 20 heavy (non-hydrogen) atoms. The highest BCUT2D eigenvalue weighted by molar-refractivity contribution is 6.31. The molecule has 0 radical (unpaired) electrons. The molecule has 1 heterocycles. The van der Waals surface area contributed by atoms with Crippen LogP contribution in [0.4, 0.5) is 5.69 Å². The van der Waals surface area contributed by atoms with Crippen LogP contribution >= 0.6 is 11.6 Å². The number of carbonyl (C=O) groups excluding carboxylic acids is 1. The third-order valence-corrected chi connectivity index (χ3v) is 3.43. The van der Waals surface area contributed by atoms with Crippen molar-refractivity contribution in [1.82, 2.24) is 0 Å². The summed E-state index contributed by atoms with van der Waals surface area (Å²) in [5.74, 6) is 0.455. The number of ether oxygens (including phenoxy) is 3. The SMILES string of the molecule is COC(CN1C(=O)C(C)(C)Oc2ccc(Cl)cc21)OC. The van der Waals surface area contributed by atoms with Crippen LogP contribution in [-0.2, 0) is 14.3 Å². The van der Waals surface area contributed by atoms with E-state index in [2.05, 4.69) is 0 Å². The van der Waals surface area contributed by atoms with Crippen molar-refractivity contribution in [1.29, 1.82) is 0 Å². The van der Waals surface area contributed by atoms with Crippen molar-refractivity contribution < 1.29 is 19.0 Å². The first-order valence-electron chi connectivity index (χ1n) is 6.25. The van der Waals surface area contributed by atoms with Gasteiger partial charge in [-0.3, -0.25) is 4.79 Å². The van der Waals surface area contributed by atoms with Gasteiger partial charge in [0.2, 0.25) is 0 Å². The monoisotopic (exact) mass is 299 g/mol. The number of benzene rings is 1. The summed E-state index contributed by atoms with van der Waals surface area (Å²) in [6, 6.07) is 5.19. The molecule has 0 aromatic heterocycles. The van der Waals surface area contributed by atoms with Gasteiger partial charge in [-0.25, -0.2) is 0 Å². The lowest BCUT2D eigenvalue weighted by molar-refractivity contribution is -0.136. The van der Waals surface area contributed by atoms with Crippen LogP contribution in [0.1, 0.15) is 13.8 Å². The highest BCUT2D eigenvalue weighted by atomic mass is 35.5. The number of halogens is 1. The minimum absolute atomic E-state index is 0.161. The fraction of sp³-hybridized carbons (Fsp3) is 0.500. The van der Waals surface area contributed by atoms with Crippen molar-refractivity contribution in [2.75, 3.05) is 25.7 Å². The van der Waals surface area contributed by atoms with Gasteiger partial charge in [-0.05, 0) is 32.0 Å². The maximum Gasteiger partial charge on any atom is 0.270 e. The summed E-state index contributed by atoms with van der Waals surface area (Å²) in [6.07, 6.45) is -0.514. The summed E-state index contributed by atoms with van der Waals surface area (Å²) in [7, 11) is 3.06. The highest BCUT2D eigenvalue weighted by Crippen LogP contribution is 2.39. The molecule has 0 atom stereocenters. The number of amides is 1. The van der Waals surface area contributed by atoms with Gasteiger partial charge in [-0.1, -0.05) is 11.6 Å². The number of carbonyl (C=O) groups is 1. The molecule has 1 aliphatic heterocycles. The van der Waals surface area contributed by atoms with Gasteiger partial charge in [0.25, 0.3) is 5.91 Å². The molecule has 110 valence electrons. The zero-order valence-electron chi connectivity index (χ0n) is 12.0. The minimum Gasteiger partial charge on any atom is -0.476 e. The Kier molecular flexibility index (Phi) is 4.22. The molecule has 6 heteroatoms. The second-order valence-electron chi connectivity index (χ2n) is 5.04. The third kappa shape index (κ3) is 2.75. The van der Waals surface area contributed by atoms with Crippen molar-refractivity contribution in [2.45, 2.75) is 25.7 Å². The summed E-state index contributed by atoms with van der Waals surface area (Å²) >= 11 is 6.01. The Bertz CT molecular complexity index is 514. The molecular weight excluding hydrogens is 282 g/mol. The largest absolute Gasteiger partial charge is 0.476 e. The average molecular weight is 300 g/mol. The lowest BCUT2D eigenvalue weighted by Gasteiger charge is -2.39. The van der Waals surface area contributed by atoms with Crippen LogP contribution in [0.2, 0.25) is 5.02 Å². The molecular formula is C14H18ClNO4. The van der Waals surface area contributed by atoms with Gasteiger partial charge in [0.15, 0.2) is 11.9 Å². The second-order valence-corrected chi connectivity index (χ2v) is 5.48.